The van der Waals surface area contributed by atoms with Crippen LogP contribution in [0.25, 0.3) is 60.1 Å². The number of pyridine rings is 2. The van der Waals surface area contributed by atoms with E-state index in [4.69, 9.17) is 0 Å². The fraction of sp³-hybridized carbons (Fsp3) is 0.0690. The highest BCUT2D eigenvalue weighted by molar-refractivity contribution is 6.26. The summed E-state index contributed by atoms with van der Waals surface area (Å²) in [5.74, 6) is -9.81. The van der Waals surface area contributed by atoms with Gasteiger partial charge in [0, 0.05) is 16.8 Å². The highest BCUT2D eigenvalue weighted by atomic mass is 19.2. The van der Waals surface area contributed by atoms with Crippen molar-refractivity contribution in [2.75, 3.05) is 0 Å². The standard InChI is InChI=1S/C29H16F5N2/c1-13-7-8-17-16-5-3-4-6-18(16)36-19-12-15(22-23(30)25(32)27(34)26(33)24(22)31)11-14-9-10-35(2)29(21(14)19)20(13)28(17)36/h3-12H,1-2H3/q+1. The fourth-order valence-corrected chi connectivity index (χ4v) is 5.67. The molecule has 0 aliphatic heterocycles. The molecule has 0 bridgehead atoms. The van der Waals surface area contributed by atoms with Crippen LogP contribution >= 0.6 is 0 Å². The lowest BCUT2D eigenvalue weighted by molar-refractivity contribution is -0.643. The summed E-state index contributed by atoms with van der Waals surface area (Å²) in [5.41, 5.74) is 3.37. The molecule has 0 N–H and O–H groups in total. The van der Waals surface area contributed by atoms with E-state index < -0.39 is 34.6 Å². The second-order valence-electron chi connectivity index (χ2n) is 9.19. The second kappa shape index (κ2) is 6.91. The summed E-state index contributed by atoms with van der Waals surface area (Å²) in [7, 11) is 1.92. The van der Waals surface area contributed by atoms with Crippen LogP contribution in [0.3, 0.4) is 0 Å². The quantitative estimate of drug-likeness (QED) is 0.0567. The van der Waals surface area contributed by atoms with Crippen LogP contribution in [-0.4, -0.2) is 4.40 Å². The summed E-state index contributed by atoms with van der Waals surface area (Å²) in [4.78, 5) is 0. The maximum atomic E-state index is 14.9. The van der Waals surface area contributed by atoms with Crippen LogP contribution < -0.4 is 4.57 Å². The Morgan fingerprint density at radius 2 is 1.39 bits per heavy atom. The predicted octanol–water partition coefficient (Wildman–Crippen LogP) is 7.49. The van der Waals surface area contributed by atoms with Crippen LogP contribution in [0.2, 0.25) is 0 Å². The topological polar surface area (TPSA) is 8.29 Å². The lowest BCUT2D eigenvalue weighted by Gasteiger charge is -2.15. The third kappa shape index (κ3) is 2.42. The minimum absolute atomic E-state index is 0.0906. The molecule has 0 spiro atoms. The molecule has 0 atom stereocenters. The maximum Gasteiger partial charge on any atom is 0.224 e. The third-order valence-electron chi connectivity index (χ3n) is 7.24. The first-order chi connectivity index (χ1) is 17.3. The Labute approximate surface area is 200 Å². The number of aryl methyl sites for hydroxylation is 2. The van der Waals surface area contributed by atoms with Gasteiger partial charge in [0.2, 0.25) is 11.3 Å². The molecule has 0 fully saturated rings. The zero-order chi connectivity index (χ0) is 25.0. The van der Waals surface area contributed by atoms with E-state index in [1.807, 2.05) is 59.5 Å². The Bertz CT molecular complexity index is 2040. The molecule has 36 heavy (non-hydrogen) atoms. The average molecular weight is 487 g/mol. The summed E-state index contributed by atoms with van der Waals surface area (Å²) < 4.78 is 75.8. The SMILES string of the molecule is Cc1ccc2c3ccccc3n3c4cc(-c5c(F)c(F)c(F)c(F)c5F)cc5cc[n+](C)c(c1c23)c54. The molecule has 0 aliphatic rings. The first-order valence-electron chi connectivity index (χ1n) is 11.3. The Morgan fingerprint density at radius 3 is 2.14 bits per heavy atom. The number of hydrogen-bond donors (Lipinski definition) is 0. The number of halogens is 5. The van der Waals surface area contributed by atoms with Crippen molar-refractivity contribution >= 4 is 49.0 Å². The minimum Gasteiger partial charge on any atom is -0.307 e. The summed E-state index contributed by atoms with van der Waals surface area (Å²) in [5, 5.41) is 4.50. The molecule has 0 radical (unpaired) electrons. The van der Waals surface area contributed by atoms with Gasteiger partial charge in [0.25, 0.3) is 0 Å². The molecule has 4 aromatic carbocycles. The van der Waals surface area contributed by atoms with Gasteiger partial charge in [0.15, 0.2) is 29.5 Å². The van der Waals surface area contributed by atoms with E-state index in [1.54, 1.807) is 6.07 Å². The minimum atomic E-state index is -2.17. The van der Waals surface area contributed by atoms with Crippen LogP contribution in [0.15, 0.2) is 60.8 Å². The summed E-state index contributed by atoms with van der Waals surface area (Å²) in [6.07, 6.45) is 1.83. The van der Waals surface area contributed by atoms with Crippen molar-refractivity contribution in [3.8, 4) is 11.1 Å². The molecule has 7 aromatic rings. The largest absolute Gasteiger partial charge is 0.307 e. The molecule has 0 saturated carbocycles. The normalized spacial score (nSPS) is 12.3. The molecular formula is C29H16F5N2+. The molecule has 3 heterocycles. The second-order valence-corrected chi connectivity index (χ2v) is 9.19. The Kier molecular flexibility index (Phi) is 4.04. The molecule has 2 nitrogen and oxygen atoms in total. The fourth-order valence-electron chi connectivity index (χ4n) is 5.67. The number of para-hydroxylation sites is 1. The van der Waals surface area contributed by atoms with Crippen molar-refractivity contribution in [2.24, 2.45) is 7.05 Å². The Hall–Kier alpha value is -4.26. The maximum absolute atomic E-state index is 14.9. The lowest BCUT2D eigenvalue weighted by atomic mass is 9.95. The molecule has 7 heteroatoms. The van der Waals surface area contributed by atoms with Crippen molar-refractivity contribution in [3.63, 3.8) is 0 Å². The molecule has 0 amide bonds. The van der Waals surface area contributed by atoms with E-state index in [0.29, 0.717) is 10.9 Å². The molecule has 0 saturated heterocycles. The number of aromatic nitrogens is 2. The number of rotatable bonds is 1. The third-order valence-corrected chi connectivity index (χ3v) is 7.24. The Balaban J connectivity index is 1.80. The smallest absolute Gasteiger partial charge is 0.224 e. The first kappa shape index (κ1) is 21.1. The monoisotopic (exact) mass is 487 g/mol. The molecule has 0 unspecified atom stereocenters. The van der Waals surface area contributed by atoms with Gasteiger partial charge in [0.1, 0.15) is 7.05 Å². The van der Waals surface area contributed by atoms with E-state index in [2.05, 4.69) is 6.07 Å². The van der Waals surface area contributed by atoms with Gasteiger partial charge in [-0.3, -0.25) is 0 Å². The van der Waals surface area contributed by atoms with E-state index >= 15 is 0 Å². The van der Waals surface area contributed by atoms with Gasteiger partial charge in [-0.1, -0.05) is 30.3 Å². The van der Waals surface area contributed by atoms with Gasteiger partial charge in [-0.25, -0.2) is 26.5 Å². The van der Waals surface area contributed by atoms with E-state index in [1.165, 1.54) is 12.1 Å². The van der Waals surface area contributed by atoms with Gasteiger partial charge >= 0.3 is 0 Å². The number of hydrogen-bond acceptors (Lipinski definition) is 0. The van der Waals surface area contributed by atoms with Crippen molar-refractivity contribution < 1.29 is 26.5 Å². The summed E-state index contributed by atoms with van der Waals surface area (Å²) >= 11 is 0. The van der Waals surface area contributed by atoms with Crippen LogP contribution in [0.5, 0.6) is 0 Å². The van der Waals surface area contributed by atoms with Crippen LogP contribution in [0, 0.1) is 36.0 Å². The van der Waals surface area contributed by atoms with E-state index in [9.17, 15) is 22.0 Å². The van der Waals surface area contributed by atoms with Gasteiger partial charge in [-0.15, -0.1) is 0 Å². The van der Waals surface area contributed by atoms with E-state index in [-0.39, 0.29) is 5.56 Å². The number of benzene rings is 4. The van der Waals surface area contributed by atoms with Crippen LogP contribution in [0.4, 0.5) is 22.0 Å². The van der Waals surface area contributed by atoms with Crippen molar-refractivity contribution in [1.82, 2.24) is 4.40 Å². The van der Waals surface area contributed by atoms with Crippen molar-refractivity contribution in [2.45, 2.75) is 6.92 Å². The van der Waals surface area contributed by atoms with Crippen molar-refractivity contribution in [1.29, 1.82) is 0 Å². The molecular weight excluding hydrogens is 471 g/mol. The van der Waals surface area contributed by atoms with Crippen LogP contribution in [0.1, 0.15) is 5.56 Å². The van der Waals surface area contributed by atoms with Gasteiger partial charge < -0.3 is 4.40 Å². The number of fused-ring (bicyclic) bond motifs is 5. The summed E-state index contributed by atoms with van der Waals surface area (Å²) in [6.45, 7) is 2.03. The Morgan fingerprint density at radius 1 is 0.694 bits per heavy atom. The van der Waals surface area contributed by atoms with E-state index in [0.717, 1.165) is 43.7 Å². The zero-order valence-electron chi connectivity index (χ0n) is 19.1. The summed E-state index contributed by atoms with van der Waals surface area (Å²) in [6, 6.07) is 16.7. The van der Waals surface area contributed by atoms with Gasteiger partial charge in [-0.05, 0) is 41.6 Å². The van der Waals surface area contributed by atoms with Gasteiger partial charge in [0.05, 0.1) is 32.9 Å². The zero-order valence-corrected chi connectivity index (χ0v) is 19.1. The molecule has 7 rings (SSSR count). The molecule has 176 valence electrons. The highest BCUT2D eigenvalue weighted by Crippen LogP contribution is 2.42. The number of nitrogens with zero attached hydrogens (tertiary/aromatic N) is 2. The molecule has 3 aromatic heterocycles. The van der Waals surface area contributed by atoms with Crippen molar-refractivity contribution in [3.05, 3.63) is 95.4 Å². The van der Waals surface area contributed by atoms with Crippen LogP contribution in [-0.2, 0) is 7.05 Å². The first-order valence-corrected chi connectivity index (χ1v) is 11.3. The predicted molar refractivity (Wildman–Crippen MR) is 130 cm³/mol. The van der Waals surface area contributed by atoms with Gasteiger partial charge in [-0.2, -0.15) is 0 Å². The molecule has 0 aliphatic carbocycles. The lowest BCUT2D eigenvalue weighted by Crippen LogP contribution is -2.28. The average Bonchev–Trinajstić information content (AvgIpc) is 3.21. The highest BCUT2D eigenvalue weighted by Gasteiger charge is 2.29.